The van der Waals surface area contributed by atoms with Crippen LogP contribution in [0.5, 0.6) is 5.75 Å². The van der Waals surface area contributed by atoms with Gasteiger partial charge in [0.05, 0.1) is 40.5 Å². The SMILES string of the molecule is O=C(NC1c2ccccc2-c2c(-c3nc4ccncc4[nH]3)cccc21)c1c(O)cnc2ccccc12. The molecule has 0 aliphatic heterocycles. The third kappa shape index (κ3) is 2.99. The zero-order valence-electron chi connectivity index (χ0n) is 18.9. The van der Waals surface area contributed by atoms with Gasteiger partial charge in [-0.1, -0.05) is 60.7 Å². The molecule has 7 nitrogen and oxygen atoms in total. The van der Waals surface area contributed by atoms with E-state index < -0.39 is 0 Å². The molecule has 0 radical (unpaired) electrons. The Bertz CT molecular complexity index is 1790. The van der Waals surface area contributed by atoms with Crippen LogP contribution in [0.4, 0.5) is 0 Å². The number of carbonyl (C=O) groups excluding carboxylic acids is 1. The maximum atomic E-state index is 13.6. The van der Waals surface area contributed by atoms with E-state index in [2.05, 4.69) is 26.3 Å². The largest absolute Gasteiger partial charge is 0.505 e. The van der Waals surface area contributed by atoms with Crippen LogP contribution >= 0.6 is 0 Å². The van der Waals surface area contributed by atoms with Crippen LogP contribution in [0.15, 0.2) is 91.4 Å². The smallest absolute Gasteiger partial charge is 0.256 e. The van der Waals surface area contributed by atoms with E-state index in [0.717, 1.165) is 44.7 Å². The number of nitrogens with zero attached hydrogens (tertiary/aromatic N) is 3. The van der Waals surface area contributed by atoms with Gasteiger partial charge in [0, 0.05) is 17.1 Å². The van der Waals surface area contributed by atoms with Crippen LogP contribution in [-0.4, -0.2) is 30.9 Å². The van der Waals surface area contributed by atoms with Crippen molar-refractivity contribution < 1.29 is 9.90 Å². The molecule has 0 saturated carbocycles. The number of hydrogen-bond donors (Lipinski definition) is 3. The summed E-state index contributed by atoms with van der Waals surface area (Å²) in [6.45, 7) is 0. The Morgan fingerprint density at radius 3 is 2.58 bits per heavy atom. The zero-order chi connectivity index (χ0) is 24.2. The molecule has 3 aromatic heterocycles. The van der Waals surface area contributed by atoms with Crippen molar-refractivity contribution in [2.24, 2.45) is 0 Å². The van der Waals surface area contributed by atoms with Gasteiger partial charge in [-0.15, -0.1) is 0 Å². The first-order valence-corrected chi connectivity index (χ1v) is 11.6. The minimum absolute atomic E-state index is 0.151. The molecule has 36 heavy (non-hydrogen) atoms. The minimum atomic E-state index is -0.388. The molecule has 1 amide bonds. The van der Waals surface area contributed by atoms with E-state index in [9.17, 15) is 9.90 Å². The van der Waals surface area contributed by atoms with Gasteiger partial charge in [0.1, 0.15) is 11.6 Å². The number of nitrogens with one attached hydrogen (secondary N) is 2. The number of aromatic hydroxyl groups is 1. The maximum Gasteiger partial charge on any atom is 0.256 e. The average molecular weight is 470 g/mol. The molecular weight excluding hydrogens is 450 g/mol. The molecule has 7 heteroatoms. The zero-order valence-corrected chi connectivity index (χ0v) is 18.9. The quantitative estimate of drug-likeness (QED) is 0.323. The fraction of sp³-hybridized carbons (Fsp3) is 0.0345. The van der Waals surface area contributed by atoms with Crippen molar-refractivity contribution in [1.82, 2.24) is 25.3 Å². The molecule has 1 aliphatic rings. The topological polar surface area (TPSA) is 104 Å². The van der Waals surface area contributed by atoms with Crippen molar-refractivity contribution in [2.75, 3.05) is 0 Å². The Balaban J connectivity index is 1.37. The first-order valence-electron chi connectivity index (χ1n) is 11.6. The highest BCUT2D eigenvalue weighted by Crippen LogP contribution is 2.47. The van der Waals surface area contributed by atoms with Crippen LogP contribution in [0, 0.1) is 0 Å². The number of aromatic amines is 1. The highest BCUT2D eigenvalue weighted by molar-refractivity contribution is 6.09. The van der Waals surface area contributed by atoms with Gasteiger partial charge in [0.2, 0.25) is 0 Å². The van der Waals surface area contributed by atoms with E-state index in [-0.39, 0.29) is 23.3 Å². The number of carbonyl (C=O) groups is 1. The van der Waals surface area contributed by atoms with Gasteiger partial charge in [0.15, 0.2) is 0 Å². The summed E-state index contributed by atoms with van der Waals surface area (Å²) in [6, 6.07) is 22.9. The highest BCUT2D eigenvalue weighted by Gasteiger charge is 2.33. The summed E-state index contributed by atoms with van der Waals surface area (Å²) in [6.07, 6.45) is 4.81. The van der Waals surface area contributed by atoms with E-state index in [1.54, 1.807) is 18.5 Å². The molecule has 0 saturated heterocycles. The van der Waals surface area contributed by atoms with Crippen molar-refractivity contribution in [3.05, 3.63) is 108 Å². The maximum absolute atomic E-state index is 13.6. The van der Waals surface area contributed by atoms with Gasteiger partial charge in [-0.05, 0) is 34.4 Å². The lowest BCUT2D eigenvalue weighted by Crippen LogP contribution is -2.28. The predicted molar refractivity (Wildman–Crippen MR) is 137 cm³/mol. The molecule has 1 atom stereocenters. The van der Waals surface area contributed by atoms with Crippen LogP contribution < -0.4 is 5.32 Å². The third-order valence-corrected chi connectivity index (χ3v) is 6.75. The van der Waals surface area contributed by atoms with Crippen LogP contribution in [0.25, 0.3) is 44.5 Å². The standard InChI is InChI=1S/C29H19N5O2/c35-24-15-31-21-11-4-3-8-18(21)26(24)29(36)34-27-17-7-2-1-6-16(17)25-19(27)9-5-10-20(25)28-32-22-12-13-30-14-23(22)33-28/h1-15,27,35H,(H,32,33)(H,34,36). The summed E-state index contributed by atoms with van der Waals surface area (Å²) >= 11 is 0. The van der Waals surface area contributed by atoms with Crippen LogP contribution in [-0.2, 0) is 0 Å². The first-order chi connectivity index (χ1) is 17.7. The molecule has 0 fully saturated rings. The number of imidazole rings is 1. The molecule has 7 rings (SSSR count). The lowest BCUT2D eigenvalue weighted by atomic mass is 9.98. The van der Waals surface area contributed by atoms with E-state index in [1.165, 1.54) is 6.20 Å². The molecule has 3 heterocycles. The Kier molecular flexibility index (Phi) is 4.38. The fourth-order valence-electron chi connectivity index (χ4n) is 5.17. The van der Waals surface area contributed by atoms with E-state index >= 15 is 0 Å². The van der Waals surface area contributed by atoms with Crippen molar-refractivity contribution in [1.29, 1.82) is 0 Å². The minimum Gasteiger partial charge on any atom is -0.505 e. The Hall–Kier alpha value is -5.04. The third-order valence-electron chi connectivity index (χ3n) is 6.75. The number of hydrogen-bond acceptors (Lipinski definition) is 5. The van der Waals surface area contributed by atoms with E-state index in [0.29, 0.717) is 10.9 Å². The second kappa shape index (κ2) is 7.74. The number of pyridine rings is 2. The van der Waals surface area contributed by atoms with Crippen molar-refractivity contribution in [3.8, 4) is 28.3 Å². The lowest BCUT2D eigenvalue weighted by molar-refractivity contribution is 0.0942. The Labute approximate surface area is 205 Å². The van der Waals surface area contributed by atoms with Gasteiger partial charge in [-0.3, -0.25) is 14.8 Å². The van der Waals surface area contributed by atoms with Gasteiger partial charge < -0.3 is 15.4 Å². The second-order valence-corrected chi connectivity index (χ2v) is 8.78. The fourth-order valence-corrected chi connectivity index (χ4v) is 5.17. The molecule has 3 N–H and O–H groups in total. The number of para-hydroxylation sites is 1. The molecule has 1 aliphatic carbocycles. The van der Waals surface area contributed by atoms with Gasteiger partial charge in [0.25, 0.3) is 5.91 Å². The molecule has 172 valence electrons. The number of rotatable bonds is 3. The predicted octanol–water partition coefficient (Wildman–Crippen LogP) is 5.38. The average Bonchev–Trinajstić information content (AvgIpc) is 3.48. The monoisotopic (exact) mass is 469 g/mol. The van der Waals surface area contributed by atoms with E-state index in [1.807, 2.05) is 60.7 Å². The summed E-state index contributed by atoms with van der Waals surface area (Å²) in [7, 11) is 0. The van der Waals surface area contributed by atoms with Crippen LogP contribution in [0.3, 0.4) is 0 Å². The van der Waals surface area contributed by atoms with Crippen LogP contribution in [0.2, 0.25) is 0 Å². The van der Waals surface area contributed by atoms with Crippen molar-refractivity contribution in [2.45, 2.75) is 6.04 Å². The molecule has 0 spiro atoms. The molecule has 0 bridgehead atoms. The molecule has 6 aromatic rings. The number of amides is 1. The number of fused-ring (bicyclic) bond motifs is 5. The molecular formula is C29H19N5O2. The number of benzene rings is 3. The number of aromatic nitrogens is 4. The molecule has 1 unspecified atom stereocenters. The van der Waals surface area contributed by atoms with Gasteiger partial charge >= 0.3 is 0 Å². The van der Waals surface area contributed by atoms with Crippen LogP contribution in [0.1, 0.15) is 27.5 Å². The number of H-pyrrole nitrogens is 1. The molecule has 3 aromatic carbocycles. The van der Waals surface area contributed by atoms with Gasteiger partial charge in [-0.25, -0.2) is 4.98 Å². The lowest BCUT2D eigenvalue weighted by Gasteiger charge is -2.17. The Morgan fingerprint density at radius 2 is 1.67 bits per heavy atom. The summed E-state index contributed by atoms with van der Waals surface area (Å²) in [5.41, 5.74) is 7.54. The summed E-state index contributed by atoms with van der Waals surface area (Å²) in [5, 5.41) is 14.3. The first kappa shape index (κ1) is 20.3. The highest BCUT2D eigenvalue weighted by atomic mass is 16.3. The van der Waals surface area contributed by atoms with Crippen molar-refractivity contribution >= 4 is 27.8 Å². The van der Waals surface area contributed by atoms with Crippen molar-refractivity contribution in [3.63, 3.8) is 0 Å². The Morgan fingerprint density at radius 1 is 0.861 bits per heavy atom. The van der Waals surface area contributed by atoms with Gasteiger partial charge in [-0.2, -0.15) is 0 Å². The summed E-state index contributed by atoms with van der Waals surface area (Å²) in [5.74, 6) is 0.232. The normalized spacial score (nSPS) is 14.1. The summed E-state index contributed by atoms with van der Waals surface area (Å²) < 4.78 is 0. The van der Waals surface area contributed by atoms with E-state index in [4.69, 9.17) is 4.98 Å². The summed E-state index contributed by atoms with van der Waals surface area (Å²) in [4.78, 5) is 30.2. The second-order valence-electron chi connectivity index (χ2n) is 8.78.